The number of benzene rings is 1. The maximum atomic E-state index is 12.6. The third-order valence-electron chi connectivity index (χ3n) is 3.51. The second-order valence-electron chi connectivity index (χ2n) is 4.93. The molecule has 1 unspecified atom stereocenters. The van der Waals surface area contributed by atoms with Crippen molar-refractivity contribution >= 4 is 34.6 Å². The third-order valence-corrected chi connectivity index (χ3v) is 3.85. The number of carbonyl (C=O) groups excluding carboxylic acids is 2. The van der Waals surface area contributed by atoms with E-state index in [1.54, 1.807) is 36.5 Å². The van der Waals surface area contributed by atoms with Crippen LogP contribution in [0, 0.1) is 0 Å². The van der Waals surface area contributed by atoms with Gasteiger partial charge in [0.25, 0.3) is 0 Å². The molecule has 0 saturated heterocycles. The van der Waals surface area contributed by atoms with Crippen LogP contribution in [-0.2, 0) is 14.3 Å². The van der Waals surface area contributed by atoms with Crippen molar-refractivity contribution in [3.63, 3.8) is 0 Å². The Labute approximate surface area is 142 Å². The molecule has 3 rings (SSSR count). The molecule has 0 bridgehead atoms. The Morgan fingerprint density at radius 2 is 2.00 bits per heavy atom. The summed E-state index contributed by atoms with van der Waals surface area (Å²) in [5.41, 5.74) is 1.21. The molecule has 1 N–H and O–H groups in total. The number of pyridine rings is 1. The minimum absolute atomic E-state index is 0.294. The van der Waals surface area contributed by atoms with E-state index in [1.165, 1.54) is 19.4 Å². The SMILES string of the molecule is COC(=O)C(OC(=O)c1ccnc2[nH]ccc12)c1ccccc1Cl. The zero-order valence-electron chi connectivity index (χ0n) is 12.7. The lowest BCUT2D eigenvalue weighted by Gasteiger charge is -2.17. The summed E-state index contributed by atoms with van der Waals surface area (Å²) in [5, 5.41) is 0.910. The van der Waals surface area contributed by atoms with Crippen molar-refractivity contribution in [1.29, 1.82) is 0 Å². The number of carbonyl (C=O) groups is 2. The molecule has 0 aliphatic carbocycles. The maximum Gasteiger partial charge on any atom is 0.352 e. The lowest BCUT2D eigenvalue weighted by atomic mass is 10.1. The van der Waals surface area contributed by atoms with Crippen LogP contribution in [0.5, 0.6) is 0 Å². The Kier molecular flexibility index (Phi) is 4.48. The second kappa shape index (κ2) is 6.72. The van der Waals surface area contributed by atoms with Gasteiger partial charge in [-0.1, -0.05) is 29.8 Å². The smallest absolute Gasteiger partial charge is 0.352 e. The van der Waals surface area contributed by atoms with Crippen LogP contribution in [0.3, 0.4) is 0 Å². The molecule has 24 heavy (non-hydrogen) atoms. The summed E-state index contributed by atoms with van der Waals surface area (Å²) < 4.78 is 10.1. The van der Waals surface area contributed by atoms with Crippen LogP contribution in [-0.4, -0.2) is 29.0 Å². The topological polar surface area (TPSA) is 81.3 Å². The predicted molar refractivity (Wildman–Crippen MR) is 87.7 cm³/mol. The van der Waals surface area contributed by atoms with Gasteiger partial charge in [0.15, 0.2) is 0 Å². The maximum absolute atomic E-state index is 12.6. The van der Waals surface area contributed by atoms with Gasteiger partial charge in [-0.05, 0) is 18.2 Å². The number of hydrogen-bond donors (Lipinski definition) is 1. The molecular formula is C17H13ClN2O4. The number of aromatic nitrogens is 2. The van der Waals surface area contributed by atoms with Crippen molar-refractivity contribution < 1.29 is 19.1 Å². The summed E-state index contributed by atoms with van der Waals surface area (Å²) >= 11 is 6.11. The van der Waals surface area contributed by atoms with Crippen LogP contribution in [0.2, 0.25) is 5.02 Å². The lowest BCUT2D eigenvalue weighted by molar-refractivity contribution is -0.151. The molecule has 122 valence electrons. The number of aromatic amines is 1. The minimum atomic E-state index is -1.25. The molecule has 2 aromatic heterocycles. The van der Waals surface area contributed by atoms with Crippen LogP contribution in [0.15, 0.2) is 48.8 Å². The molecule has 3 aromatic rings. The number of fused-ring (bicyclic) bond motifs is 1. The standard InChI is InChI=1S/C17H13ClN2O4/c1-23-17(22)14(12-4-2-3-5-13(12)18)24-16(21)11-7-9-20-15-10(11)6-8-19-15/h2-9,14H,1H3,(H,19,20). The van der Waals surface area contributed by atoms with Crippen LogP contribution in [0.1, 0.15) is 22.0 Å². The monoisotopic (exact) mass is 344 g/mol. The van der Waals surface area contributed by atoms with E-state index in [0.717, 1.165) is 0 Å². The number of nitrogens with zero attached hydrogens (tertiary/aromatic N) is 1. The summed E-state index contributed by atoms with van der Waals surface area (Å²) in [6.07, 6.45) is 1.90. The van der Waals surface area contributed by atoms with Crippen molar-refractivity contribution in [3.8, 4) is 0 Å². The molecule has 0 amide bonds. The first-order valence-electron chi connectivity index (χ1n) is 7.07. The van der Waals surface area contributed by atoms with Gasteiger partial charge in [-0.3, -0.25) is 0 Å². The normalized spacial score (nSPS) is 11.9. The summed E-state index contributed by atoms with van der Waals surface area (Å²) in [6, 6.07) is 9.87. The van der Waals surface area contributed by atoms with Crippen LogP contribution in [0.4, 0.5) is 0 Å². The van der Waals surface area contributed by atoms with E-state index in [9.17, 15) is 9.59 Å². The zero-order valence-corrected chi connectivity index (χ0v) is 13.4. The molecule has 0 aliphatic rings. The Morgan fingerprint density at radius 3 is 2.75 bits per heavy atom. The Bertz CT molecular complexity index is 906. The van der Waals surface area contributed by atoms with Gasteiger partial charge in [0.05, 0.1) is 12.7 Å². The van der Waals surface area contributed by atoms with E-state index in [-0.39, 0.29) is 0 Å². The van der Waals surface area contributed by atoms with Gasteiger partial charge < -0.3 is 14.5 Å². The second-order valence-corrected chi connectivity index (χ2v) is 5.34. The Hall–Kier alpha value is -2.86. The summed E-state index contributed by atoms with van der Waals surface area (Å²) in [7, 11) is 1.22. The average molecular weight is 345 g/mol. The van der Waals surface area contributed by atoms with Gasteiger partial charge in [0, 0.05) is 28.4 Å². The number of methoxy groups -OCH3 is 1. The van der Waals surface area contributed by atoms with Crippen molar-refractivity contribution in [2.75, 3.05) is 7.11 Å². The predicted octanol–water partition coefficient (Wildman–Crippen LogP) is 3.29. The van der Waals surface area contributed by atoms with Crippen molar-refractivity contribution in [3.05, 3.63) is 64.9 Å². The van der Waals surface area contributed by atoms with E-state index in [2.05, 4.69) is 9.97 Å². The van der Waals surface area contributed by atoms with Crippen LogP contribution in [0.25, 0.3) is 11.0 Å². The molecule has 6 nitrogen and oxygen atoms in total. The first-order valence-corrected chi connectivity index (χ1v) is 7.45. The molecule has 1 aromatic carbocycles. The van der Waals surface area contributed by atoms with E-state index in [1.807, 2.05) is 0 Å². The third kappa shape index (κ3) is 2.96. The lowest BCUT2D eigenvalue weighted by Crippen LogP contribution is -2.21. The number of hydrogen-bond acceptors (Lipinski definition) is 5. The fourth-order valence-electron chi connectivity index (χ4n) is 2.34. The number of nitrogens with one attached hydrogen (secondary N) is 1. The Morgan fingerprint density at radius 1 is 1.21 bits per heavy atom. The van der Waals surface area contributed by atoms with Crippen molar-refractivity contribution in [2.24, 2.45) is 0 Å². The van der Waals surface area contributed by atoms with Crippen molar-refractivity contribution in [1.82, 2.24) is 9.97 Å². The summed E-state index contributed by atoms with van der Waals surface area (Å²) in [6.45, 7) is 0. The number of esters is 2. The molecule has 0 aliphatic heterocycles. The fourth-order valence-corrected chi connectivity index (χ4v) is 2.58. The molecule has 0 saturated carbocycles. The highest BCUT2D eigenvalue weighted by molar-refractivity contribution is 6.31. The summed E-state index contributed by atoms with van der Waals surface area (Å²) in [5.74, 6) is -1.38. The van der Waals surface area contributed by atoms with E-state index in [4.69, 9.17) is 21.1 Å². The van der Waals surface area contributed by atoms with Gasteiger partial charge in [0.2, 0.25) is 6.10 Å². The van der Waals surface area contributed by atoms with Gasteiger partial charge >= 0.3 is 11.9 Å². The number of ether oxygens (including phenoxy) is 2. The van der Waals surface area contributed by atoms with Gasteiger partial charge in [-0.15, -0.1) is 0 Å². The number of halogens is 1. The zero-order chi connectivity index (χ0) is 17.1. The number of H-pyrrole nitrogens is 1. The van der Waals surface area contributed by atoms with Gasteiger partial charge in [0.1, 0.15) is 5.65 Å². The Balaban J connectivity index is 1.96. The first kappa shape index (κ1) is 16.0. The fraction of sp³-hybridized carbons (Fsp3) is 0.118. The van der Waals surface area contributed by atoms with Crippen molar-refractivity contribution in [2.45, 2.75) is 6.10 Å². The molecule has 0 spiro atoms. The summed E-state index contributed by atoms with van der Waals surface area (Å²) in [4.78, 5) is 31.6. The van der Waals surface area contributed by atoms with Gasteiger partial charge in [-0.2, -0.15) is 0 Å². The molecule has 0 radical (unpaired) electrons. The van der Waals surface area contributed by atoms with E-state index < -0.39 is 18.0 Å². The quantitative estimate of drug-likeness (QED) is 0.734. The van der Waals surface area contributed by atoms with Crippen LogP contribution >= 0.6 is 11.6 Å². The van der Waals surface area contributed by atoms with Gasteiger partial charge in [-0.25, -0.2) is 14.6 Å². The molecule has 7 heteroatoms. The molecular weight excluding hydrogens is 332 g/mol. The van der Waals surface area contributed by atoms with E-state index in [0.29, 0.717) is 27.2 Å². The highest BCUT2D eigenvalue weighted by atomic mass is 35.5. The number of rotatable bonds is 4. The molecule has 1 atom stereocenters. The first-order chi connectivity index (χ1) is 11.6. The molecule has 0 fully saturated rings. The van der Waals surface area contributed by atoms with Crippen LogP contribution < -0.4 is 0 Å². The van der Waals surface area contributed by atoms with E-state index >= 15 is 0 Å². The average Bonchev–Trinajstić information content (AvgIpc) is 3.08. The highest BCUT2D eigenvalue weighted by Gasteiger charge is 2.29. The molecule has 2 heterocycles. The minimum Gasteiger partial charge on any atom is -0.466 e. The highest BCUT2D eigenvalue weighted by Crippen LogP contribution is 2.28. The largest absolute Gasteiger partial charge is 0.466 e.